The maximum Gasteiger partial charge on any atom is 0.117 e. The minimum Gasteiger partial charge on any atom is -0.377 e. The van der Waals surface area contributed by atoms with Crippen LogP contribution in [-0.4, -0.2) is 29.4 Å². The molecule has 1 aliphatic heterocycles. The lowest BCUT2D eigenvalue weighted by atomic mass is 10.4. The van der Waals surface area contributed by atoms with Crippen LogP contribution in [0.5, 0.6) is 0 Å². The first-order chi connectivity index (χ1) is 3.80. The lowest BCUT2D eigenvalue weighted by Gasteiger charge is -2.17. The highest BCUT2D eigenvalue weighted by molar-refractivity contribution is 4.60. The average molecular weight is 116 g/mol. The van der Waals surface area contributed by atoms with Gasteiger partial charge in [-0.2, -0.15) is 0 Å². The molecule has 3 heteroatoms. The second-order valence-electron chi connectivity index (χ2n) is 2.09. The number of aliphatic hydroxyl groups is 1. The monoisotopic (exact) mass is 116 g/mol. The Kier molecular flexibility index (Phi) is 1.83. The molecule has 1 unspecified atom stereocenters. The number of nitrogens with one attached hydrogen (secondary N) is 1. The summed E-state index contributed by atoms with van der Waals surface area (Å²) >= 11 is 0. The van der Waals surface area contributed by atoms with Crippen molar-refractivity contribution in [2.24, 2.45) is 0 Å². The highest BCUT2D eigenvalue weighted by Gasteiger charge is 2.13. The number of aliphatic hydroxyl groups excluding tert-OH is 1. The molecular weight excluding hydrogens is 104 g/mol. The molecule has 1 aliphatic rings. The topological polar surface area (TPSA) is 35.5 Å². The van der Waals surface area contributed by atoms with Crippen molar-refractivity contribution in [1.82, 2.24) is 10.4 Å². The van der Waals surface area contributed by atoms with Crippen molar-refractivity contribution in [3.05, 3.63) is 0 Å². The fourth-order valence-corrected chi connectivity index (χ4v) is 0.870. The first kappa shape index (κ1) is 6.01. The van der Waals surface area contributed by atoms with Crippen LogP contribution in [0.4, 0.5) is 0 Å². The van der Waals surface area contributed by atoms with Gasteiger partial charge in [0, 0.05) is 13.1 Å². The summed E-state index contributed by atoms with van der Waals surface area (Å²) in [5.74, 6) is 0. The van der Waals surface area contributed by atoms with Crippen LogP contribution in [0.1, 0.15) is 13.3 Å². The van der Waals surface area contributed by atoms with E-state index in [9.17, 15) is 0 Å². The third-order valence-electron chi connectivity index (χ3n) is 1.34. The van der Waals surface area contributed by atoms with Gasteiger partial charge >= 0.3 is 0 Å². The van der Waals surface area contributed by atoms with Crippen LogP contribution in [0.25, 0.3) is 0 Å². The zero-order valence-corrected chi connectivity index (χ0v) is 5.09. The van der Waals surface area contributed by atoms with Crippen molar-refractivity contribution in [3.63, 3.8) is 0 Å². The molecule has 0 saturated carbocycles. The largest absolute Gasteiger partial charge is 0.377 e. The van der Waals surface area contributed by atoms with Gasteiger partial charge in [-0.15, -0.1) is 0 Å². The maximum absolute atomic E-state index is 8.92. The van der Waals surface area contributed by atoms with Gasteiger partial charge in [0.15, 0.2) is 0 Å². The van der Waals surface area contributed by atoms with E-state index in [-0.39, 0.29) is 6.23 Å². The first-order valence-corrected chi connectivity index (χ1v) is 2.99. The Morgan fingerprint density at radius 3 is 2.75 bits per heavy atom. The third-order valence-corrected chi connectivity index (χ3v) is 1.34. The second kappa shape index (κ2) is 2.44. The van der Waals surface area contributed by atoms with Gasteiger partial charge in [0.25, 0.3) is 0 Å². The normalized spacial score (nSPS) is 26.2. The molecule has 0 aromatic heterocycles. The summed E-state index contributed by atoms with van der Waals surface area (Å²) in [6, 6.07) is 0. The van der Waals surface area contributed by atoms with Gasteiger partial charge in [0.2, 0.25) is 0 Å². The lowest BCUT2D eigenvalue weighted by molar-refractivity contribution is 0.00459. The average Bonchev–Trinajstić information content (AvgIpc) is 2.12. The molecule has 1 heterocycles. The molecule has 1 rings (SSSR count). The standard InChI is InChI=1S/C5H12N2O/c1-5(8)7-4-2-3-6-7/h5-6,8H,2-4H2,1H3. The predicted molar refractivity (Wildman–Crippen MR) is 31.0 cm³/mol. The molecular formula is C5H12N2O. The Hall–Kier alpha value is -0.120. The number of rotatable bonds is 1. The van der Waals surface area contributed by atoms with Crippen molar-refractivity contribution in [1.29, 1.82) is 0 Å². The first-order valence-electron chi connectivity index (χ1n) is 2.99. The molecule has 8 heavy (non-hydrogen) atoms. The zero-order chi connectivity index (χ0) is 5.98. The van der Waals surface area contributed by atoms with Gasteiger partial charge in [0.05, 0.1) is 0 Å². The van der Waals surface area contributed by atoms with Gasteiger partial charge in [-0.25, -0.2) is 5.01 Å². The van der Waals surface area contributed by atoms with Crippen molar-refractivity contribution in [2.45, 2.75) is 19.6 Å². The predicted octanol–water partition coefficient (Wildman–Crippen LogP) is -0.465. The van der Waals surface area contributed by atoms with Gasteiger partial charge in [-0.1, -0.05) is 0 Å². The fraction of sp³-hybridized carbons (Fsp3) is 1.00. The Balaban J connectivity index is 2.24. The molecule has 1 atom stereocenters. The highest BCUT2D eigenvalue weighted by atomic mass is 16.3. The van der Waals surface area contributed by atoms with E-state index in [2.05, 4.69) is 5.43 Å². The van der Waals surface area contributed by atoms with E-state index < -0.39 is 0 Å². The fourth-order valence-electron chi connectivity index (χ4n) is 0.870. The van der Waals surface area contributed by atoms with E-state index >= 15 is 0 Å². The maximum atomic E-state index is 8.92. The molecule has 0 bridgehead atoms. The smallest absolute Gasteiger partial charge is 0.117 e. The van der Waals surface area contributed by atoms with Gasteiger partial charge < -0.3 is 5.11 Å². The van der Waals surface area contributed by atoms with E-state index in [1.165, 1.54) is 0 Å². The number of nitrogens with zero attached hydrogens (tertiary/aromatic N) is 1. The molecule has 0 amide bonds. The van der Waals surface area contributed by atoms with Crippen molar-refractivity contribution < 1.29 is 5.11 Å². The quantitative estimate of drug-likeness (QED) is 0.486. The Bertz CT molecular complexity index is 68.8. The van der Waals surface area contributed by atoms with Gasteiger partial charge in [-0.05, 0) is 13.3 Å². The Morgan fingerprint density at radius 2 is 2.50 bits per heavy atom. The molecule has 0 aromatic rings. The molecule has 0 aliphatic carbocycles. The summed E-state index contributed by atoms with van der Waals surface area (Å²) < 4.78 is 0. The molecule has 48 valence electrons. The lowest BCUT2D eigenvalue weighted by Crippen LogP contribution is -2.38. The zero-order valence-electron chi connectivity index (χ0n) is 5.09. The molecule has 0 radical (unpaired) electrons. The summed E-state index contributed by atoms with van der Waals surface area (Å²) in [5.41, 5.74) is 3.04. The van der Waals surface area contributed by atoms with Crippen LogP contribution in [0.3, 0.4) is 0 Å². The van der Waals surface area contributed by atoms with Crippen LogP contribution in [0.15, 0.2) is 0 Å². The minimum atomic E-state index is -0.336. The van der Waals surface area contributed by atoms with Gasteiger partial charge in [0.1, 0.15) is 6.23 Å². The van der Waals surface area contributed by atoms with E-state index in [1.54, 1.807) is 6.92 Å². The summed E-state index contributed by atoms with van der Waals surface area (Å²) in [4.78, 5) is 0. The Morgan fingerprint density at radius 1 is 1.75 bits per heavy atom. The van der Waals surface area contributed by atoms with Crippen LogP contribution < -0.4 is 5.43 Å². The van der Waals surface area contributed by atoms with Crippen molar-refractivity contribution >= 4 is 0 Å². The SMILES string of the molecule is CC(O)N1CCCN1. The Labute approximate surface area is 49.3 Å². The highest BCUT2D eigenvalue weighted by Crippen LogP contribution is 1.98. The van der Waals surface area contributed by atoms with Crippen LogP contribution in [0.2, 0.25) is 0 Å². The van der Waals surface area contributed by atoms with Crippen LogP contribution >= 0.6 is 0 Å². The molecule has 1 fully saturated rings. The molecule has 2 N–H and O–H groups in total. The van der Waals surface area contributed by atoms with E-state index in [0.717, 1.165) is 19.5 Å². The number of hydrogen-bond acceptors (Lipinski definition) is 3. The molecule has 0 spiro atoms. The summed E-state index contributed by atoms with van der Waals surface area (Å²) in [6.45, 7) is 3.74. The molecule has 3 nitrogen and oxygen atoms in total. The van der Waals surface area contributed by atoms with Crippen molar-refractivity contribution in [3.8, 4) is 0 Å². The van der Waals surface area contributed by atoms with Crippen LogP contribution in [0, 0.1) is 0 Å². The third kappa shape index (κ3) is 1.18. The molecule has 1 saturated heterocycles. The number of hydrazine groups is 1. The summed E-state index contributed by atoms with van der Waals surface area (Å²) in [6.07, 6.45) is 0.808. The summed E-state index contributed by atoms with van der Waals surface area (Å²) in [5, 5.41) is 10.7. The summed E-state index contributed by atoms with van der Waals surface area (Å²) in [7, 11) is 0. The van der Waals surface area contributed by atoms with E-state index in [0.29, 0.717) is 0 Å². The second-order valence-corrected chi connectivity index (χ2v) is 2.09. The number of hydrogen-bond donors (Lipinski definition) is 2. The molecule has 0 aromatic carbocycles. The van der Waals surface area contributed by atoms with Crippen LogP contribution in [-0.2, 0) is 0 Å². The van der Waals surface area contributed by atoms with E-state index in [4.69, 9.17) is 5.11 Å². The van der Waals surface area contributed by atoms with Crippen molar-refractivity contribution in [2.75, 3.05) is 13.1 Å². The van der Waals surface area contributed by atoms with E-state index in [1.807, 2.05) is 5.01 Å². The van der Waals surface area contributed by atoms with Gasteiger partial charge in [-0.3, -0.25) is 5.43 Å². The minimum absolute atomic E-state index is 0.336.